The number of hydrogen-bond donors (Lipinski definition) is 0. The maximum atomic E-state index is 13.3. The van der Waals surface area contributed by atoms with E-state index in [1.807, 2.05) is 30.3 Å². The molecule has 0 atom stereocenters. The van der Waals surface area contributed by atoms with Crippen LogP contribution in [0.2, 0.25) is 0 Å². The van der Waals surface area contributed by atoms with Gasteiger partial charge in [0.2, 0.25) is 5.75 Å². The molecule has 0 N–H and O–H groups in total. The van der Waals surface area contributed by atoms with Crippen LogP contribution in [0.25, 0.3) is 11.1 Å². The average molecular weight is 450 g/mol. The lowest BCUT2D eigenvalue weighted by molar-refractivity contribution is 0.459. The van der Waals surface area contributed by atoms with Crippen LogP contribution in [0.15, 0.2) is 94.7 Å². The van der Waals surface area contributed by atoms with Crippen molar-refractivity contribution in [1.82, 2.24) is 9.78 Å². The molecular formula is C24H19FN2O4S. The van der Waals surface area contributed by atoms with Crippen molar-refractivity contribution >= 4 is 9.84 Å². The van der Waals surface area contributed by atoms with Gasteiger partial charge in [-0.1, -0.05) is 42.5 Å². The molecule has 3 aromatic carbocycles. The number of rotatable bonds is 6. The number of ether oxygens (including phenoxy) is 1. The lowest BCUT2D eigenvalue weighted by Gasteiger charge is -2.13. The highest BCUT2D eigenvalue weighted by atomic mass is 32.2. The normalized spacial score (nSPS) is 11.3. The predicted octanol–water partition coefficient (Wildman–Crippen LogP) is 4.29. The molecular weight excluding hydrogens is 431 g/mol. The monoisotopic (exact) mass is 450 g/mol. The minimum Gasteiger partial charge on any atom is -0.451 e. The molecule has 0 fully saturated rings. The summed E-state index contributed by atoms with van der Waals surface area (Å²) in [6.07, 6.45) is 2.62. The zero-order valence-electron chi connectivity index (χ0n) is 17.1. The molecule has 0 unspecified atom stereocenters. The molecule has 0 saturated carbocycles. The molecule has 0 aliphatic rings. The molecule has 0 spiro atoms. The Morgan fingerprint density at radius 3 is 2.22 bits per heavy atom. The number of benzene rings is 3. The van der Waals surface area contributed by atoms with Crippen molar-refractivity contribution < 1.29 is 17.5 Å². The highest BCUT2D eigenvalue weighted by Gasteiger charge is 2.17. The van der Waals surface area contributed by atoms with Gasteiger partial charge in [-0.2, -0.15) is 5.10 Å². The molecule has 0 bridgehead atoms. The molecule has 162 valence electrons. The second-order valence-electron chi connectivity index (χ2n) is 7.19. The Morgan fingerprint density at radius 2 is 1.59 bits per heavy atom. The fourth-order valence-corrected chi connectivity index (χ4v) is 3.78. The summed E-state index contributed by atoms with van der Waals surface area (Å²) in [5, 5.41) is 4.28. The van der Waals surface area contributed by atoms with Crippen LogP contribution in [0, 0.1) is 5.82 Å². The molecule has 4 aromatic rings. The summed E-state index contributed by atoms with van der Waals surface area (Å²) in [5.41, 5.74) is 1.37. The third kappa shape index (κ3) is 4.76. The smallest absolute Gasteiger partial charge is 0.310 e. The molecule has 8 heteroatoms. The topological polar surface area (TPSA) is 78.3 Å². The maximum absolute atomic E-state index is 13.3. The van der Waals surface area contributed by atoms with Crippen LogP contribution in [0.3, 0.4) is 0 Å². The van der Waals surface area contributed by atoms with Crippen molar-refractivity contribution in [1.29, 1.82) is 0 Å². The first-order chi connectivity index (χ1) is 15.3. The Kier molecular flexibility index (Phi) is 5.87. The first-order valence-electron chi connectivity index (χ1n) is 9.69. The van der Waals surface area contributed by atoms with E-state index >= 15 is 0 Å². The van der Waals surface area contributed by atoms with E-state index in [1.54, 1.807) is 12.1 Å². The Labute approximate surface area is 184 Å². The number of nitrogens with zero attached hydrogens (tertiary/aromatic N) is 2. The quantitative estimate of drug-likeness (QED) is 0.438. The van der Waals surface area contributed by atoms with Crippen molar-refractivity contribution in [3.8, 4) is 22.6 Å². The van der Waals surface area contributed by atoms with E-state index in [1.165, 1.54) is 47.3 Å². The van der Waals surface area contributed by atoms with E-state index < -0.39 is 21.2 Å². The van der Waals surface area contributed by atoms with E-state index in [9.17, 15) is 17.6 Å². The predicted molar refractivity (Wildman–Crippen MR) is 119 cm³/mol. The van der Waals surface area contributed by atoms with Gasteiger partial charge in [0, 0.05) is 6.26 Å². The molecule has 4 rings (SSSR count). The molecule has 0 saturated heterocycles. The number of sulfone groups is 1. The van der Waals surface area contributed by atoms with Crippen molar-refractivity contribution in [2.45, 2.75) is 11.4 Å². The maximum Gasteiger partial charge on any atom is 0.310 e. The van der Waals surface area contributed by atoms with E-state index in [-0.39, 0.29) is 22.9 Å². The van der Waals surface area contributed by atoms with Gasteiger partial charge >= 0.3 is 5.56 Å². The van der Waals surface area contributed by atoms with Crippen LogP contribution in [-0.4, -0.2) is 24.5 Å². The van der Waals surface area contributed by atoms with E-state index in [2.05, 4.69) is 5.10 Å². The molecule has 0 radical (unpaired) electrons. The third-order valence-corrected chi connectivity index (χ3v) is 5.93. The minimum absolute atomic E-state index is 0.00893. The van der Waals surface area contributed by atoms with Gasteiger partial charge in [-0.15, -0.1) is 0 Å². The third-order valence-electron chi connectivity index (χ3n) is 4.80. The van der Waals surface area contributed by atoms with Gasteiger partial charge in [-0.05, 0) is 47.5 Å². The Bertz CT molecular complexity index is 1400. The van der Waals surface area contributed by atoms with Gasteiger partial charge in [0.15, 0.2) is 9.84 Å². The number of halogens is 1. The first-order valence-corrected chi connectivity index (χ1v) is 11.6. The van der Waals surface area contributed by atoms with Crippen molar-refractivity contribution in [3.63, 3.8) is 0 Å². The summed E-state index contributed by atoms with van der Waals surface area (Å²) in [7, 11) is -3.36. The second-order valence-corrected chi connectivity index (χ2v) is 9.20. The molecule has 0 amide bonds. The molecule has 32 heavy (non-hydrogen) atoms. The molecule has 0 aliphatic carbocycles. The lowest BCUT2D eigenvalue weighted by Crippen LogP contribution is -2.24. The highest BCUT2D eigenvalue weighted by molar-refractivity contribution is 7.90. The molecule has 1 aromatic heterocycles. The van der Waals surface area contributed by atoms with Gasteiger partial charge < -0.3 is 4.74 Å². The first kappa shape index (κ1) is 21.5. The van der Waals surface area contributed by atoms with Crippen LogP contribution >= 0.6 is 0 Å². The minimum atomic E-state index is -3.36. The number of hydrogen-bond acceptors (Lipinski definition) is 5. The summed E-state index contributed by atoms with van der Waals surface area (Å²) in [5.74, 6) is -0.130. The highest BCUT2D eigenvalue weighted by Crippen LogP contribution is 2.30. The van der Waals surface area contributed by atoms with E-state index in [0.29, 0.717) is 11.1 Å². The standard InChI is InChI=1S/C24H19FN2O4S/c1-32(29,30)21-13-7-18(8-14-21)22-15-26-27(16-17-5-3-2-4-6-17)24(28)23(22)31-20-11-9-19(25)10-12-20/h2-15H,16H2,1H3. The van der Waals surface area contributed by atoms with Crippen molar-refractivity contribution in [2.75, 3.05) is 6.26 Å². The van der Waals surface area contributed by atoms with E-state index in [4.69, 9.17) is 4.74 Å². The largest absolute Gasteiger partial charge is 0.451 e. The summed E-state index contributed by atoms with van der Waals surface area (Å²) in [6, 6.07) is 20.8. The zero-order valence-corrected chi connectivity index (χ0v) is 17.9. The van der Waals surface area contributed by atoms with Crippen molar-refractivity contribution in [2.24, 2.45) is 0 Å². The molecule has 0 aliphatic heterocycles. The summed E-state index contributed by atoms with van der Waals surface area (Å²) >= 11 is 0. The van der Waals surface area contributed by atoms with Crippen LogP contribution in [0.5, 0.6) is 11.5 Å². The summed E-state index contributed by atoms with van der Waals surface area (Å²) in [6.45, 7) is 0.243. The molecule has 1 heterocycles. The van der Waals surface area contributed by atoms with Crippen LogP contribution in [0.4, 0.5) is 4.39 Å². The van der Waals surface area contributed by atoms with Gasteiger partial charge in [0.25, 0.3) is 0 Å². The lowest BCUT2D eigenvalue weighted by atomic mass is 10.1. The van der Waals surface area contributed by atoms with Crippen LogP contribution < -0.4 is 10.3 Å². The Balaban J connectivity index is 1.80. The Hall–Kier alpha value is -3.78. The van der Waals surface area contributed by atoms with Gasteiger partial charge in [-0.25, -0.2) is 17.5 Å². The van der Waals surface area contributed by atoms with Crippen molar-refractivity contribution in [3.05, 3.63) is 107 Å². The Morgan fingerprint density at radius 1 is 0.938 bits per heavy atom. The number of aromatic nitrogens is 2. The van der Waals surface area contributed by atoms with Crippen LogP contribution in [0.1, 0.15) is 5.56 Å². The van der Waals surface area contributed by atoms with E-state index in [0.717, 1.165) is 11.8 Å². The summed E-state index contributed by atoms with van der Waals surface area (Å²) < 4.78 is 44.0. The molecule has 6 nitrogen and oxygen atoms in total. The fraction of sp³-hybridized carbons (Fsp3) is 0.0833. The average Bonchev–Trinajstić information content (AvgIpc) is 2.78. The van der Waals surface area contributed by atoms with Gasteiger partial charge in [0.1, 0.15) is 11.6 Å². The second kappa shape index (κ2) is 8.76. The van der Waals surface area contributed by atoms with Gasteiger partial charge in [0.05, 0.1) is 23.2 Å². The zero-order chi connectivity index (χ0) is 22.7. The summed E-state index contributed by atoms with van der Waals surface area (Å²) in [4.78, 5) is 13.4. The fourth-order valence-electron chi connectivity index (χ4n) is 3.15. The van der Waals surface area contributed by atoms with Gasteiger partial charge in [-0.3, -0.25) is 4.79 Å². The van der Waals surface area contributed by atoms with Crippen LogP contribution in [-0.2, 0) is 16.4 Å². The SMILES string of the molecule is CS(=O)(=O)c1ccc(-c2cnn(Cc3ccccc3)c(=O)c2Oc2ccc(F)cc2)cc1.